The van der Waals surface area contributed by atoms with Crippen LogP contribution in [0.5, 0.6) is 0 Å². The lowest BCUT2D eigenvalue weighted by Gasteiger charge is -2.52. The van der Waals surface area contributed by atoms with Crippen molar-refractivity contribution in [2.24, 2.45) is 11.7 Å². The van der Waals surface area contributed by atoms with Crippen LogP contribution < -0.4 is 11.1 Å². The van der Waals surface area contributed by atoms with Crippen molar-refractivity contribution in [1.29, 1.82) is 0 Å². The van der Waals surface area contributed by atoms with Gasteiger partial charge in [0.05, 0.1) is 5.60 Å². The smallest absolute Gasteiger partial charge is 0.0802 e. The van der Waals surface area contributed by atoms with Gasteiger partial charge in [-0.1, -0.05) is 37.3 Å². The summed E-state index contributed by atoms with van der Waals surface area (Å²) >= 11 is 0. The molecule has 4 unspecified atom stereocenters. The van der Waals surface area contributed by atoms with Gasteiger partial charge in [0.25, 0.3) is 0 Å². The van der Waals surface area contributed by atoms with Crippen LogP contribution in [0.25, 0.3) is 0 Å². The van der Waals surface area contributed by atoms with Crippen molar-refractivity contribution in [2.75, 3.05) is 19.7 Å². The molecule has 4 atom stereocenters. The average Bonchev–Trinajstić information content (AvgIpc) is 2.56. The van der Waals surface area contributed by atoms with Crippen LogP contribution in [0.4, 0.5) is 0 Å². The first kappa shape index (κ1) is 15.0. The molecule has 3 rings (SSSR count). The summed E-state index contributed by atoms with van der Waals surface area (Å²) in [6.45, 7) is 5.16. The van der Waals surface area contributed by atoms with Gasteiger partial charge in [0, 0.05) is 31.0 Å². The Labute approximate surface area is 128 Å². The van der Waals surface area contributed by atoms with Crippen molar-refractivity contribution in [3.8, 4) is 0 Å². The maximum Gasteiger partial charge on any atom is 0.0802 e. The predicted molar refractivity (Wildman–Crippen MR) is 86.3 cm³/mol. The SMILES string of the molecule is CCC1(C2CNCCC2N)OCCCC1c1ccccc1. The summed E-state index contributed by atoms with van der Waals surface area (Å²) in [5, 5.41) is 3.53. The molecule has 2 fully saturated rings. The Hall–Kier alpha value is -0.900. The molecular formula is C18H28N2O. The first-order chi connectivity index (χ1) is 10.3. The fourth-order valence-electron chi connectivity index (χ4n) is 4.42. The highest BCUT2D eigenvalue weighted by Gasteiger charge is 2.49. The van der Waals surface area contributed by atoms with Crippen molar-refractivity contribution in [3.63, 3.8) is 0 Å². The zero-order chi connectivity index (χ0) is 14.7. The van der Waals surface area contributed by atoms with Crippen LogP contribution in [-0.4, -0.2) is 31.3 Å². The first-order valence-corrected chi connectivity index (χ1v) is 8.43. The molecule has 0 spiro atoms. The number of rotatable bonds is 3. The third-order valence-corrected chi connectivity index (χ3v) is 5.52. The molecule has 3 N–H and O–H groups in total. The number of hydrogen-bond donors (Lipinski definition) is 2. The predicted octanol–water partition coefficient (Wildman–Crippen LogP) is 2.67. The van der Waals surface area contributed by atoms with Crippen molar-refractivity contribution < 1.29 is 4.74 Å². The largest absolute Gasteiger partial charge is 0.374 e. The summed E-state index contributed by atoms with van der Waals surface area (Å²) in [7, 11) is 0. The van der Waals surface area contributed by atoms with Crippen molar-refractivity contribution in [2.45, 2.75) is 50.2 Å². The molecule has 2 aliphatic heterocycles. The lowest BCUT2D eigenvalue weighted by atomic mass is 9.65. The Kier molecular flexibility index (Phi) is 4.63. The summed E-state index contributed by atoms with van der Waals surface area (Å²) in [5.74, 6) is 0.871. The number of piperidine rings is 1. The number of hydrogen-bond acceptors (Lipinski definition) is 3. The van der Waals surface area contributed by atoms with E-state index in [1.165, 1.54) is 12.0 Å². The van der Waals surface area contributed by atoms with Crippen LogP contribution in [0.3, 0.4) is 0 Å². The highest BCUT2D eigenvalue weighted by molar-refractivity contribution is 5.25. The maximum absolute atomic E-state index is 6.49. The molecule has 2 heterocycles. The van der Waals surface area contributed by atoms with Gasteiger partial charge >= 0.3 is 0 Å². The third kappa shape index (κ3) is 2.75. The topological polar surface area (TPSA) is 47.3 Å². The molecule has 21 heavy (non-hydrogen) atoms. The Morgan fingerprint density at radius 2 is 2.10 bits per heavy atom. The monoisotopic (exact) mass is 288 g/mol. The summed E-state index contributed by atoms with van der Waals surface area (Å²) in [6, 6.07) is 11.1. The van der Waals surface area contributed by atoms with Gasteiger partial charge < -0.3 is 15.8 Å². The van der Waals surface area contributed by atoms with Gasteiger partial charge in [-0.15, -0.1) is 0 Å². The summed E-state index contributed by atoms with van der Waals surface area (Å²) in [4.78, 5) is 0. The van der Waals surface area contributed by atoms with Gasteiger partial charge in [0.15, 0.2) is 0 Å². The quantitative estimate of drug-likeness (QED) is 0.899. The van der Waals surface area contributed by atoms with Gasteiger partial charge in [0.2, 0.25) is 0 Å². The molecule has 3 nitrogen and oxygen atoms in total. The molecule has 0 bridgehead atoms. The van der Waals surface area contributed by atoms with Crippen LogP contribution in [0.1, 0.15) is 44.1 Å². The van der Waals surface area contributed by atoms with E-state index in [0.29, 0.717) is 11.8 Å². The van der Waals surface area contributed by atoms with E-state index < -0.39 is 0 Å². The minimum atomic E-state index is -0.105. The third-order valence-electron chi connectivity index (χ3n) is 5.52. The van der Waals surface area contributed by atoms with Gasteiger partial charge in [-0.05, 0) is 37.8 Å². The highest BCUT2D eigenvalue weighted by Crippen LogP contribution is 2.47. The zero-order valence-corrected chi connectivity index (χ0v) is 13.1. The number of nitrogens with two attached hydrogens (primary N) is 1. The standard InChI is InChI=1S/C18H28N2O/c1-2-18(16-13-20-11-10-17(16)19)15(9-6-12-21-18)14-7-4-3-5-8-14/h3-5,7-8,15-17,20H,2,6,9-13,19H2,1H3. The van der Waals surface area contributed by atoms with E-state index in [9.17, 15) is 0 Å². The second kappa shape index (κ2) is 6.47. The Morgan fingerprint density at radius 1 is 1.29 bits per heavy atom. The van der Waals surface area contributed by atoms with E-state index in [4.69, 9.17) is 10.5 Å². The minimum absolute atomic E-state index is 0.105. The van der Waals surface area contributed by atoms with E-state index in [1.807, 2.05) is 0 Å². The van der Waals surface area contributed by atoms with E-state index >= 15 is 0 Å². The van der Waals surface area contributed by atoms with Crippen molar-refractivity contribution >= 4 is 0 Å². The summed E-state index contributed by atoms with van der Waals surface area (Å²) < 4.78 is 6.47. The maximum atomic E-state index is 6.49. The van der Waals surface area contributed by atoms with Crippen LogP contribution in [0.15, 0.2) is 30.3 Å². The molecule has 0 saturated carbocycles. The fourth-order valence-corrected chi connectivity index (χ4v) is 4.42. The summed E-state index contributed by atoms with van der Waals surface area (Å²) in [5.41, 5.74) is 7.80. The number of ether oxygens (including phenoxy) is 1. The van der Waals surface area contributed by atoms with E-state index in [0.717, 1.165) is 39.0 Å². The number of nitrogens with one attached hydrogen (secondary N) is 1. The molecule has 1 aromatic carbocycles. The van der Waals surface area contributed by atoms with Gasteiger partial charge in [0.1, 0.15) is 0 Å². The van der Waals surface area contributed by atoms with Crippen molar-refractivity contribution in [3.05, 3.63) is 35.9 Å². The average molecular weight is 288 g/mol. The summed E-state index contributed by atoms with van der Waals surface area (Å²) in [6.07, 6.45) is 4.45. The molecule has 2 saturated heterocycles. The van der Waals surface area contributed by atoms with E-state index in [1.54, 1.807) is 0 Å². The Bertz CT molecular complexity index is 450. The zero-order valence-electron chi connectivity index (χ0n) is 13.1. The Balaban J connectivity index is 1.96. The molecule has 116 valence electrons. The molecule has 0 radical (unpaired) electrons. The molecule has 0 aliphatic carbocycles. The second-order valence-electron chi connectivity index (χ2n) is 6.53. The molecule has 1 aromatic rings. The normalized spacial score (nSPS) is 37.3. The van der Waals surface area contributed by atoms with Gasteiger partial charge in [-0.25, -0.2) is 0 Å². The lowest BCUT2D eigenvalue weighted by molar-refractivity contribution is -0.142. The number of benzene rings is 1. The van der Waals surface area contributed by atoms with Gasteiger partial charge in [-0.3, -0.25) is 0 Å². The fraction of sp³-hybridized carbons (Fsp3) is 0.667. The minimum Gasteiger partial charge on any atom is -0.374 e. The van der Waals surface area contributed by atoms with E-state index in [2.05, 4.69) is 42.6 Å². The lowest BCUT2D eigenvalue weighted by Crippen LogP contribution is -2.60. The highest BCUT2D eigenvalue weighted by atomic mass is 16.5. The van der Waals surface area contributed by atoms with Crippen LogP contribution in [-0.2, 0) is 4.74 Å². The van der Waals surface area contributed by atoms with E-state index in [-0.39, 0.29) is 11.6 Å². The second-order valence-corrected chi connectivity index (χ2v) is 6.53. The Morgan fingerprint density at radius 3 is 2.81 bits per heavy atom. The van der Waals surface area contributed by atoms with Crippen LogP contribution >= 0.6 is 0 Å². The molecule has 0 amide bonds. The first-order valence-electron chi connectivity index (χ1n) is 8.43. The molecule has 3 heteroatoms. The van der Waals surface area contributed by atoms with Crippen molar-refractivity contribution in [1.82, 2.24) is 5.32 Å². The van der Waals surface area contributed by atoms with Crippen LogP contribution in [0, 0.1) is 5.92 Å². The van der Waals surface area contributed by atoms with Crippen LogP contribution in [0.2, 0.25) is 0 Å². The molecular weight excluding hydrogens is 260 g/mol. The van der Waals surface area contributed by atoms with Gasteiger partial charge in [-0.2, -0.15) is 0 Å². The molecule has 2 aliphatic rings. The molecule has 0 aromatic heterocycles.